The minimum absolute atomic E-state index is 0.0953. The Morgan fingerprint density at radius 2 is 1.71 bits per heavy atom. The molecule has 0 heterocycles. The standard InChI is InChI=1S/C15H10F4NO/c16-12-5-10(6-13(17)7-12)9-21-20-8-11-3-1-2-4-14(11)15(18)19/h1-7,15H,9H2. The molecule has 0 aromatic heterocycles. The molecule has 0 aliphatic rings. The molecule has 2 aromatic carbocycles. The zero-order valence-electron chi connectivity index (χ0n) is 10.7. The van der Waals surface area contributed by atoms with Gasteiger partial charge in [0, 0.05) is 17.2 Å². The lowest BCUT2D eigenvalue weighted by molar-refractivity contribution is 0.131. The molecular weight excluding hydrogens is 286 g/mol. The predicted octanol–water partition coefficient (Wildman–Crippen LogP) is 4.33. The predicted molar refractivity (Wildman–Crippen MR) is 69.1 cm³/mol. The second-order valence-electron chi connectivity index (χ2n) is 4.14. The van der Waals surface area contributed by atoms with Gasteiger partial charge < -0.3 is 4.84 Å². The molecule has 21 heavy (non-hydrogen) atoms. The lowest BCUT2D eigenvalue weighted by Gasteiger charge is -2.03. The summed E-state index contributed by atoms with van der Waals surface area (Å²) >= 11 is 0. The Morgan fingerprint density at radius 3 is 2.38 bits per heavy atom. The number of nitrogens with zero attached hydrogens (tertiary/aromatic N) is 1. The first-order valence-corrected chi connectivity index (χ1v) is 5.96. The summed E-state index contributed by atoms with van der Waals surface area (Å²) in [5.74, 6) is -1.46. The van der Waals surface area contributed by atoms with Crippen LogP contribution in [0.4, 0.5) is 17.6 Å². The van der Waals surface area contributed by atoms with Crippen LogP contribution in [0.2, 0.25) is 0 Å². The van der Waals surface area contributed by atoms with Crippen molar-refractivity contribution in [2.24, 2.45) is 5.16 Å². The second kappa shape index (κ2) is 6.88. The van der Waals surface area contributed by atoms with E-state index in [1.54, 1.807) is 6.07 Å². The molecule has 0 aliphatic carbocycles. The molecule has 0 fully saturated rings. The molecule has 0 atom stereocenters. The van der Waals surface area contributed by atoms with E-state index in [1.807, 2.05) is 0 Å². The Bertz CT molecular complexity index is 623. The molecule has 0 aliphatic heterocycles. The molecular formula is C15H10F4NO. The van der Waals surface area contributed by atoms with E-state index in [0.717, 1.165) is 18.2 Å². The SMILES string of the molecule is Fc1cc(F)cc(CO/N=[C]\c2ccccc2C(F)F)c1. The summed E-state index contributed by atoms with van der Waals surface area (Å²) in [6, 6.07) is 8.62. The fourth-order valence-electron chi connectivity index (χ4n) is 1.67. The van der Waals surface area contributed by atoms with Crippen molar-refractivity contribution in [3.8, 4) is 0 Å². The van der Waals surface area contributed by atoms with Gasteiger partial charge in [-0.25, -0.2) is 17.6 Å². The number of benzene rings is 2. The molecule has 2 rings (SSSR count). The van der Waals surface area contributed by atoms with Gasteiger partial charge in [-0.1, -0.05) is 29.4 Å². The number of hydrogen-bond donors (Lipinski definition) is 0. The van der Waals surface area contributed by atoms with Gasteiger partial charge in [-0.3, -0.25) is 0 Å². The summed E-state index contributed by atoms with van der Waals surface area (Å²) in [7, 11) is 0. The number of rotatable bonds is 5. The van der Waals surface area contributed by atoms with E-state index in [9.17, 15) is 17.6 Å². The van der Waals surface area contributed by atoms with Gasteiger partial charge in [0.1, 0.15) is 24.5 Å². The van der Waals surface area contributed by atoms with Crippen molar-refractivity contribution in [3.63, 3.8) is 0 Å². The summed E-state index contributed by atoms with van der Waals surface area (Å²) in [5, 5.41) is 3.41. The van der Waals surface area contributed by atoms with Crippen molar-refractivity contribution in [2.45, 2.75) is 13.0 Å². The number of hydrogen-bond acceptors (Lipinski definition) is 2. The van der Waals surface area contributed by atoms with Gasteiger partial charge in [-0.2, -0.15) is 0 Å². The Labute approximate surface area is 118 Å². The fourth-order valence-corrected chi connectivity index (χ4v) is 1.67. The van der Waals surface area contributed by atoms with Gasteiger partial charge in [0.2, 0.25) is 0 Å². The third-order valence-electron chi connectivity index (χ3n) is 2.58. The van der Waals surface area contributed by atoms with E-state index in [1.165, 1.54) is 18.2 Å². The van der Waals surface area contributed by atoms with Crippen molar-refractivity contribution < 1.29 is 22.4 Å². The summed E-state index contributed by atoms with van der Waals surface area (Å²) in [5.41, 5.74) is 0.111. The van der Waals surface area contributed by atoms with Gasteiger partial charge in [-0.05, 0) is 17.7 Å². The zero-order valence-corrected chi connectivity index (χ0v) is 10.7. The van der Waals surface area contributed by atoms with Crippen LogP contribution in [-0.2, 0) is 11.4 Å². The van der Waals surface area contributed by atoms with Gasteiger partial charge in [0.25, 0.3) is 6.43 Å². The van der Waals surface area contributed by atoms with Crippen LogP contribution in [0.1, 0.15) is 23.1 Å². The van der Waals surface area contributed by atoms with Crippen molar-refractivity contribution in [1.82, 2.24) is 0 Å². The molecule has 6 heteroatoms. The molecule has 0 N–H and O–H groups in total. The molecule has 2 nitrogen and oxygen atoms in total. The molecule has 109 valence electrons. The van der Waals surface area contributed by atoms with E-state index < -0.39 is 18.1 Å². The molecule has 0 saturated carbocycles. The van der Waals surface area contributed by atoms with Crippen LogP contribution >= 0.6 is 0 Å². The topological polar surface area (TPSA) is 21.6 Å². The Hall–Kier alpha value is -2.37. The van der Waals surface area contributed by atoms with E-state index in [-0.39, 0.29) is 23.3 Å². The number of alkyl halides is 2. The van der Waals surface area contributed by atoms with Crippen molar-refractivity contribution in [1.29, 1.82) is 0 Å². The first-order chi connectivity index (χ1) is 10.1. The van der Waals surface area contributed by atoms with Gasteiger partial charge in [0.15, 0.2) is 0 Å². The molecule has 0 unspecified atom stereocenters. The van der Waals surface area contributed by atoms with Crippen LogP contribution < -0.4 is 0 Å². The van der Waals surface area contributed by atoms with E-state index >= 15 is 0 Å². The summed E-state index contributed by atoms with van der Waals surface area (Å²) in [6.45, 7) is -0.196. The van der Waals surface area contributed by atoms with Crippen LogP contribution in [0.3, 0.4) is 0 Å². The van der Waals surface area contributed by atoms with Gasteiger partial charge >= 0.3 is 0 Å². The third-order valence-corrected chi connectivity index (χ3v) is 2.58. The lowest BCUT2D eigenvalue weighted by Crippen LogP contribution is -1.94. The average Bonchev–Trinajstić information content (AvgIpc) is 2.43. The maximum Gasteiger partial charge on any atom is 0.264 e. The summed E-state index contributed by atoms with van der Waals surface area (Å²) in [6.07, 6.45) is -0.322. The molecule has 1 radical (unpaired) electrons. The third kappa shape index (κ3) is 4.30. The van der Waals surface area contributed by atoms with E-state index in [0.29, 0.717) is 0 Å². The Morgan fingerprint density at radius 1 is 1.05 bits per heavy atom. The van der Waals surface area contributed by atoms with Crippen LogP contribution in [0.5, 0.6) is 0 Å². The lowest BCUT2D eigenvalue weighted by atomic mass is 10.1. The van der Waals surface area contributed by atoms with E-state index in [4.69, 9.17) is 4.84 Å². The van der Waals surface area contributed by atoms with Crippen molar-refractivity contribution >= 4 is 6.21 Å². The van der Waals surface area contributed by atoms with Crippen LogP contribution in [-0.4, -0.2) is 6.21 Å². The highest BCUT2D eigenvalue weighted by Crippen LogP contribution is 2.21. The normalized spacial score (nSPS) is 11.3. The quantitative estimate of drug-likeness (QED) is 0.457. The van der Waals surface area contributed by atoms with E-state index in [2.05, 4.69) is 11.4 Å². The highest BCUT2D eigenvalue weighted by atomic mass is 19.3. The highest BCUT2D eigenvalue weighted by molar-refractivity contribution is 5.81. The maximum atomic E-state index is 12.9. The molecule has 0 bridgehead atoms. The first-order valence-electron chi connectivity index (χ1n) is 5.96. The Kier molecular flexibility index (Phi) is 4.92. The number of halogens is 4. The first kappa shape index (κ1) is 15.0. The summed E-state index contributed by atoms with van der Waals surface area (Å²) < 4.78 is 51.2. The smallest absolute Gasteiger partial charge is 0.264 e. The van der Waals surface area contributed by atoms with Gasteiger partial charge in [-0.15, -0.1) is 0 Å². The molecule has 2 aromatic rings. The van der Waals surface area contributed by atoms with Crippen LogP contribution in [0, 0.1) is 11.6 Å². The summed E-state index contributed by atoms with van der Waals surface area (Å²) in [4.78, 5) is 4.80. The van der Waals surface area contributed by atoms with Crippen LogP contribution in [0.15, 0.2) is 47.6 Å². The minimum atomic E-state index is -2.65. The highest BCUT2D eigenvalue weighted by Gasteiger charge is 2.10. The molecule has 0 amide bonds. The van der Waals surface area contributed by atoms with Gasteiger partial charge in [0.05, 0.1) is 0 Å². The maximum absolute atomic E-state index is 12.9. The van der Waals surface area contributed by atoms with Crippen molar-refractivity contribution in [3.05, 3.63) is 70.8 Å². The largest absolute Gasteiger partial charge is 0.390 e. The minimum Gasteiger partial charge on any atom is -0.390 e. The Balaban J connectivity index is 2.00. The average molecular weight is 296 g/mol. The molecule has 0 saturated heterocycles. The van der Waals surface area contributed by atoms with Crippen molar-refractivity contribution in [2.75, 3.05) is 0 Å². The monoisotopic (exact) mass is 296 g/mol. The molecule has 0 spiro atoms. The second-order valence-corrected chi connectivity index (χ2v) is 4.14. The zero-order chi connectivity index (χ0) is 15.2. The fraction of sp³-hybridized carbons (Fsp3) is 0.133. The van der Waals surface area contributed by atoms with Crippen LogP contribution in [0.25, 0.3) is 0 Å².